The second-order valence-corrected chi connectivity index (χ2v) is 13.1. The van der Waals surface area contributed by atoms with E-state index in [4.69, 9.17) is 23.2 Å². The van der Waals surface area contributed by atoms with Crippen LogP contribution >= 0.6 is 43.4 Å². The first kappa shape index (κ1) is 41.7. The molecule has 0 fully saturated rings. The van der Waals surface area contributed by atoms with Gasteiger partial charge in [-0.3, -0.25) is 9.13 Å². The van der Waals surface area contributed by atoms with Crippen LogP contribution in [-0.2, 0) is 38.3 Å². The van der Waals surface area contributed by atoms with Gasteiger partial charge in [-0.2, -0.15) is 26.3 Å². The molecule has 6 aromatic rings. The fourth-order valence-electron chi connectivity index (χ4n) is 4.70. The number of rotatable bonds is 6. The van der Waals surface area contributed by atoms with E-state index in [0.29, 0.717) is 24.5 Å². The third kappa shape index (κ3) is 13.1. The first-order valence-corrected chi connectivity index (χ1v) is 18.4. The molecule has 0 bridgehead atoms. The van der Waals surface area contributed by atoms with Crippen molar-refractivity contribution in [1.29, 1.82) is 0 Å². The molecule has 0 saturated heterocycles. The van der Waals surface area contributed by atoms with Gasteiger partial charge in [0.15, 0.2) is 0 Å². The van der Waals surface area contributed by atoms with Gasteiger partial charge in [0, 0.05) is 47.7 Å². The van der Waals surface area contributed by atoms with Crippen LogP contribution in [-0.4, -0.2) is 30.8 Å². The number of nitrogens with zero attached hydrogens (tertiary/aromatic N) is 6. The summed E-state index contributed by atoms with van der Waals surface area (Å²) in [5.41, 5.74) is -0.251. The molecule has 0 spiro atoms. The predicted molar refractivity (Wildman–Crippen MR) is 194 cm³/mol. The van der Waals surface area contributed by atoms with Crippen molar-refractivity contribution in [3.63, 3.8) is 0 Å². The summed E-state index contributed by atoms with van der Waals surface area (Å²) in [6.07, 6.45) is 1.02. The fourth-order valence-corrected chi connectivity index (χ4v) is 5.05. The molecular formula is C36H26Cl4CuF6N6. The van der Waals surface area contributed by atoms with E-state index in [1.54, 1.807) is 33.9 Å². The quantitative estimate of drug-likeness (QED) is 0.0725. The minimum atomic E-state index is -4.55. The van der Waals surface area contributed by atoms with Gasteiger partial charge in [0.05, 0.1) is 22.5 Å². The van der Waals surface area contributed by atoms with E-state index >= 15 is 0 Å². The topological polar surface area (TPSA) is 60.4 Å². The van der Waals surface area contributed by atoms with Crippen LogP contribution in [0.15, 0.2) is 144 Å². The molecule has 0 aliphatic rings. The maximum atomic E-state index is 13.3. The van der Waals surface area contributed by atoms with E-state index in [9.17, 15) is 26.3 Å². The number of imidazole rings is 2. The SMILES string of the molecule is FC(F)(F)c1cc(Cl)ccc1N=C(Cc1ccccc1)n1ccnc1.FC(F)(F)c1cc(Cl)ccc1N=C(Cc1ccccc1)n1ccnc1.[Cl][Cu][Cl]. The van der Waals surface area contributed by atoms with Crippen molar-refractivity contribution in [2.45, 2.75) is 25.2 Å². The normalized spacial score (nSPS) is 12.1. The van der Waals surface area contributed by atoms with Crippen molar-refractivity contribution in [2.24, 2.45) is 9.98 Å². The molecule has 281 valence electrons. The van der Waals surface area contributed by atoms with Crippen molar-refractivity contribution in [1.82, 2.24) is 19.1 Å². The third-order valence-electron chi connectivity index (χ3n) is 7.04. The van der Waals surface area contributed by atoms with Crippen LogP contribution in [0.1, 0.15) is 22.3 Å². The van der Waals surface area contributed by atoms with Crippen LogP contribution in [0.25, 0.3) is 0 Å². The Morgan fingerprint density at radius 3 is 1.25 bits per heavy atom. The predicted octanol–water partition coefficient (Wildman–Crippen LogP) is 12.1. The summed E-state index contributed by atoms with van der Waals surface area (Å²) >= 11 is 12.2. The maximum absolute atomic E-state index is 13.3. The molecule has 2 heterocycles. The van der Waals surface area contributed by atoms with Gasteiger partial charge in [0.2, 0.25) is 0 Å². The monoisotopic (exact) mass is 859 g/mol. The molecule has 6 rings (SSSR count). The number of benzene rings is 4. The van der Waals surface area contributed by atoms with E-state index in [1.165, 1.54) is 36.9 Å². The Labute approximate surface area is 325 Å². The summed E-state index contributed by atoms with van der Waals surface area (Å²) in [6, 6.07) is 25.9. The van der Waals surface area contributed by atoms with Crippen LogP contribution in [0.5, 0.6) is 0 Å². The molecule has 0 radical (unpaired) electrons. The van der Waals surface area contributed by atoms with Gasteiger partial charge in [-0.25, -0.2) is 20.0 Å². The van der Waals surface area contributed by atoms with E-state index in [-0.39, 0.29) is 21.4 Å². The molecule has 0 unspecified atom stereocenters. The molecule has 0 N–H and O–H groups in total. The van der Waals surface area contributed by atoms with Gasteiger partial charge in [0.1, 0.15) is 24.3 Å². The minimum absolute atomic E-state index is 0.0125. The molecule has 53 heavy (non-hydrogen) atoms. The Hall–Kier alpha value is -4.10. The molecule has 4 aromatic carbocycles. The van der Waals surface area contributed by atoms with Gasteiger partial charge >= 0.3 is 45.7 Å². The number of halogens is 10. The first-order valence-electron chi connectivity index (χ1n) is 15.0. The fraction of sp³-hybridized carbons (Fsp3) is 0.111. The Morgan fingerprint density at radius 2 is 0.943 bits per heavy atom. The van der Waals surface area contributed by atoms with Gasteiger partial charge in [0.25, 0.3) is 0 Å². The first-order chi connectivity index (χ1) is 25.3. The van der Waals surface area contributed by atoms with Gasteiger partial charge < -0.3 is 0 Å². The number of hydrogen-bond acceptors (Lipinski definition) is 4. The molecule has 17 heteroatoms. The summed E-state index contributed by atoms with van der Waals surface area (Å²) in [5, 5.41) is 0.0250. The van der Waals surface area contributed by atoms with E-state index in [1.807, 2.05) is 60.7 Å². The summed E-state index contributed by atoms with van der Waals surface area (Å²) in [5.74, 6) is 0.855. The zero-order chi connectivity index (χ0) is 38.4. The van der Waals surface area contributed by atoms with Crippen molar-refractivity contribution in [2.75, 3.05) is 0 Å². The van der Waals surface area contributed by atoms with Crippen molar-refractivity contribution >= 4 is 66.4 Å². The molecule has 2 aromatic heterocycles. The number of aliphatic imine (C=N–C) groups is 2. The molecule has 0 saturated carbocycles. The third-order valence-corrected chi connectivity index (χ3v) is 7.51. The van der Waals surface area contributed by atoms with E-state index < -0.39 is 23.5 Å². The van der Waals surface area contributed by atoms with Crippen LogP contribution in [0.2, 0.25) is 10.0 Å². The van der Waals surface area contributed by atoms with Gasteiger partial charge in [-0.15, -0.1) is 0 Å². The molecule has 0 atom stereocenters. The second kappa shape index (κ2) is 19.8. The molecule has 0 amide bonds. The number of alkyl halides is 6. The van der Waals surface area contributed by atoms with E-state index in [0.717, 1.165) is 36.4 Å². The molecule has 0 aliphatic carbocycles. The molecule has 0 aliphatic heterocycles. The van der Waals surface area contributed by atoms with Crippen molar-refractivity contribution in [3.8, 4) is 0 Å². The Balaban J connectivity index is 0.000000220. The molecule has 6 nitrogen and oxygen atoms in total. The zero-order valence-corrected chi connectivity index (χ0v) is 30.8. The Bertz CT molecular complexity index is 1930. The standard InChI is InChI=1S/2C18H13ClF3N3.2ClH.Cu/c2*19-14-6-7-16(15(11-14)18(20,21)22)24-17(25-9-8-23-12-25)10-13-4-2-1-3-5-13;;;/h2*1-9,11-12H,10H2;2*1H;/q;;;;+2/p-2. The zero-order valence-electron chi connectivity index (χ0n) is 26.9. The summed E-state index contributed by atoms with van der Waals surface area (Å²) in [7, 11) is 9.34. The average Bonchev–Trinajstić information content (AvgIpc) is 3.86. The van der Waals surface area contributed by atoms with Crippen molar-refractivity contribution in [3.05, 3.63) is 167 Å². The van der Waals surface area contributed by atoms with Gasteiger partial charge in [-0.1, -0.05) is 83.9 Å². The van der Waals surface area contributed by atoms with Crippen LogP contribution in [0, 0.1) is 0 Å². The second-order valence-electron chi connectivity index (χ2n) is 10.7. The molecular weight excluding hydrogens is 836 g/mol. The van der Waals surface area contributed by atoms with Crippen LogP contribution in [0.3, 0.4) is 0 Å². The van der Waals surface area contributed by atoms with Crippen LogP contribution < -0.4 is 0 Å². The number of aromatic nitrogens is 4. The summed E-state index contributed by atoms with van der Waals surface area (Å²) in [4.78, 5) is 16.4. The summed E-state index contributed by atoms with van der Waals surface area (Å²) < 4.78 is 83.0. The Morgan fingerprint density at radius 1 is 0.585 bits per heavy atom. The van der Waals surface area contributed by atoms with Gasteiger partial charge in [-0.05, 0) is 47.5 Å². The van der Waals surface area contributed by atoms with Crippen LogP contribution in [0.4, 0.5) is 37.7 Å². The van der Waals surface area contributed by atoms with E-state index in [2.05, 4.69) is 40.1 Å². The average molecular weight is 862 g/mol. The van der Waals surface area contributed by atoms with Crippen molar-refractivity contribution < 1.29 is 39.5 Å². The number of hydrogen-bond donors (Lipinski definition) is 0. The Kier molecular flexibility index (Phi) is 15.6. The summed E-state index contributed by atoms with van der Waals surface area (Å²) in [6.45, 7) is 0.